The van der Waals surface area contributed by atoms with Gasteiger partial charge in [-0.1, -0.05) is 23.7 Å². The smallest absolute Gasteiger partial charge is 0.269 e. The molecule has 120 valence electrons. The van der Waals surface area contributed by atoms with Crippen LogP contribution in [0.5, 0.6) is 0 Å². The first kappa shape index (κ1) is 16.2. The number of thioether (sulfide) groups is 1. The summed E-state index contributed by atoms with van der Waals surface area (Å²) in [5.41, 5.74) is 1.26. The highest BCUT2D eigenvalue weighted by Gasteiger charge is 2.24. The normalized spacial score (nSPS) is 17.3. The summed E-state index contributed by atoms with van der Waals surface area (Å²) < 4.78 is 0. The second-order valence-corrected chi connectivity index (χ2v) is 6.22. The maximum atomic E-state index is 12.0. The van der Waals surface area contributed by atoms with Crippen molar-refractivity contribution in [2.45, 2.75) is 0 Å². The predicted molar refractivity (Wildman–Crippen MR) is 95.4 cm³/mol. The minimum Gasteiger partial charge on any atom is -0.300 e. The van der Waals surface area contributed by atoms with Gasteiger partial charge in [-0.05, 0) is 47.7 Å². The van der Waals surface area contributed by atoms with Gasteiger partial charge in [0, 0.05) is 12.1 Å². The van der Waals surface area contributed by atoms with E-state index in [9.17, 15) is 14.9 Å². The predicted octanol–water partition coefficient (Wildman–Crippen LogP) is 4.14. The lowest BCUT2D eigenvalue weighted by Gasteiger charge is -1.98. The average Bonchev–Trinajstić information content (AvgIpc) is 2.90. The quantitative estimate of drug-likeness (QED) is 0.507. The standard InChI is InChI=1S/C16H10ClN3O3S/c17-12-3-1-2-4-13(12)18-16-19-15(21)14(24-16)9-10-5-7-11(8-6-10)20(22)23/h1-9H,(H,18,19,21)/b14-9+. The molecule has 0 aromatic heterocycles. The van der Waals surface area contributed by atoms with Crippen LogP contribution in [0.25, 0.3) is 6.08 Å². The number of amidine groups is 1. The summed E-state index contributed by atoms with van der Waals surface area (Å²) in [4.78, 5) is 27.0. The first-order valence-corrected chi connectivity index (χ1v) is 8.01. The number of nitro groups is 1. The Labute approximate surface area is 146 Å². The molecule has 0 aliphatic carbocycles. The molecule has 1 heterocycles. The van der Waals surface area contributed by atoms with Crippen LogP contribution in [0.2, 0.25) is 5.02 Å². The molecule has 1 N–H and O–H groups in total. The van der Waals surface area contributed by atoms with Crippen molar-refractivity contribution in [3.05, 3.63) is 74.1 Å². The summed E-state index contributed by atoms with van der Waals surface area (Å²) in [7, 11) is 0. The minimum absolute atomic E-state index is 0.00153. The molecule has 0 spiro atoms. The molecule has 1 fully saturated rings. The molecule has 2 aromatic rings. The van der Waals surface area contributed by atoms with E-state index in [1.54, 1.807) is 42.5 Å². The Balaban J connectivity index is 1.82. The number of halogens is 1. The van der Waals surface area contributed by atoms with Crippen LogP contribution in [0.15, 0.2) is 58.4 Å². The zero-order valence-corrected chi connectivity index (χ0v) is 13.7. The molecule has 6 nitrogen and oxygen atoms in total. The summed E-state index contributed by atoms with van der Waals surface area (Å²) in [6.07, 6.45) is 1.65. The topological polar surface area (TPSA) is 84.6 Å². The van der Waals surface area contributed by atoms with Gasteiger partial charge in [0.2, 0.25) is 0 Å². The highest BCUT2D eigenvalue weighted by Crippen LogP contribution is 2.30. The molecular formula is C16H10ClN3O3S. The Kier molecular flexibility index (Phi) is 4.64. The van der Waals surface area contributed by atoms with Crippen LogP contribution >= 0.6 is 23.4 Å². The van der Waals surface area contributed by atoms with Crippen LogP contribution in [-0.4, -0.2) is 16.0 Å². The Bertz CT molecular complexity index is 878. The number of nitro benzene ring substituents is 1. The molecule has 8 heteroatoms. The van der Waals surface area contributed by atoms with Crippen LogP contribution in [-0.2, 0) is 4.79 Å². The monoisotopic (exact) mass is 359 g/mol. The van der Waals surface area contributed by atoms with E-state index >= 15 is 0 Å². The lowest BCUT2D eigenvalue weighted by molar-refractivity contribution is -0.384. The number of rotatable bonds is 3. The van der Waals surface area contributed by atoms with Gasteiger partial charge >= 0.3 is 0 Å². The molecule has 1 saturated heterocycles. The Morgan fingerprint density at radius 2 is 1.88 bits per heavy atom. The Morgan fingerprint density at radius 3 is 2.54 bits per heavy atom. The van der Waals surface area contributed by atoms with Gasteiger partial charge in [-0.2, -0.15) is 0 Å². The van der Waals surface area contributed by atoms with E-state index in [4.69, 9.17) is 11.6 Å². The molecule has 1 amide bonds. The van der Waals surface area contributed by atoms with Crippen molar-refractivity contribution < 1.29 is 9.72 Å². The second kappa shape index (κ2) is 6.86. The number of para-hydroxylation sites is 1. The third-order valence-electron chi connectivity index (χ3n) is 3.13. The first-order valence-electron chi connectivity index (χ1n) is 6.81. The average molecular weight is 360 g/mol. The van der Waals surface area contributed by atoms with Gasteiger partial charge in [0.25, 0.3) is 11.6 Å². The fourth-order valence-corrected chi connectivity index (χ4v) is 2.99. The van der Waals surface area contributed by atoms with Crippen molar-refractivity contribution in [2.75, 3.05) is 0 Å². The molecule has 0 unspecified atom stereocenters. The molecule has 3 rings (SSSR count). The molecule has 0 radical (unpaired) electrons. The van der Waals surface area contributed by atoms with E-state index in [2.05, 4.69) is 10.3 Å². The van der Waals surface area contributed by atoms with Crippen molar-refractivity contribution >= 4 is 51.9 Å². The summed E-state index contributed by atoms with van der Waals surface area (Å²) >= 11 is 7.23. The van der Waals surface area contributed by atoms with Crippen molar-refractivity contribution in [3.63, 3.8) is 0 Å². The number of nitrogens with one attached hydrogen (secondary N) is 1. The zero-order valence-electron chi connectivity index (χ0n) is 12.1. The molecule has 0 saturated carbocycles. The number of carbonyl (C=O) groups excluding carboxylic acids is 1. The fourth-order valence-electron chi connectivity index (χ4n) is 1.98. The summed E-state index contributed by atoms with van der Waals surface area (Å²) in [6, 6.07) is 13.0. The third-order valence-corrected chi connectivity index (χ3v) is 4.36. The Hall–Kier alpha value is -2.64. The lowest BCUT2D eigenvalue weighted by atomic mass is 10.2. The maximum absolute atomic E-state index is 12.0. The second-order valence-electron chi connectivity index (χ2n) is 4.78. The van der Waals surface area contributed by atoms with Crippen LogP contribution in [0.1, 0.15) is 5.56 Å². The molecule has 1 aliphatic heterocycles. The highest BCUT2D eigenvalue weighted by atomic mass is 35.5. The number of amides is 1. The molecule has 1 aliphatic rings. The fraction of sp³-hybridized carbons (Fsp3) is 0. The zero-order chi connectivity index (χ0) is 17.1. The first-order chi connectivity index (χ1) is 11.5. The van der Waals surface area contributed by atoms with E-state index in [1.165, 1.54) is 23.9 Å². The number of hydrogen-bond acceptors (Lipinski definition) is 5. The van der Waals surface area contributed by atoms with Crippen LogP contribution in [0.3, 0.4) is 0 Å². The number of non-ortho nitro benzene ring substituents is 1. The van der Waals surface area contributed by atoms with Gasteiger partial charge in [0.1, 0.15) is 0 Å². The molecule has 2 aromatic carbocycles. The SMILES string of the molecule is O=C1NC(=Nc2ccccc2Cl)S/C1=C/c1ccc([N+](=O)[O-])cc1. The van der Waals surface area contributed by atoms with Crippen molar-refractivity contribution in [1.82, 2.24) is 5.32 Å². The van der Waals surface area contributed by atoms with Gasteiger partial charge in [-0.25, -0.2) is 4.99 Å². The van der Waals surface area contributed by atoms with Crippen LogP contribution in [0.4, 0.5) is 11.4 Å². The number of nitrogens with zero attached hydrogens (tertiary/aromatic N) is 2. The van der Waals surface area contributed by atoms with Crippen molar-refractivity contribution in [1.29, 1.82) is 0 Å². The van der Waals surface area contributed by atoms with Gasteiger partial charge in [0.15, 0.2) is 5.17 Å². The lowest BCUT2D eigenvalue weighted by Crippen LogP contribution is -2.19. The van der Waals surface area contributed by atoms with Gasteiger partial charge in [-0.3, -0.25) is 14.9 Å². The van der Waals surface area contributed by atoms with Crippen molar-refractivity contribution in [3.8, 4) is 0 Å². The number of carbonyl (C=O) groups is 1. The number of hydrogen-bond donors (Lipinski definition) is 1. The van der Waals surface area contributed by atoms with Crippen LogP contribution in [0, 0.1) is 10.1 Å². The molecular weight excluding hydrogens is 350 g/mol. The van der Waals surface area contributed by atoms with E-state index in [0.29, 0.717) is 26.3 Å². The van der Waals surface area contributed by atoms with Crippen LogP contribution < -0.4 is 5.32 Å². The summed E-state index contributed by atoms with van der Waals surface area (Å²) in [5, 5.41) is 14.2. The van der Waals surface area contributed by atoms with Gasteiger partial charge < -0.3 is 5.32 Å². The largest absolute Gasteiger partial charge is 0.300 e. The van der Waals surface area contributed by atoms with Crippen molar-refractivity contribution in [2.24, 2.45) is 4.99 Å². The number of aliphatic imine (C=N–C) groups is 1. The van der Waals surface area contributed by atoms with E-state index in [-0.39, 0.29) is 11.6 Å². The van der Waals surface area contributed by atoms with E-state index in [0.717, 1.165) is 0 Å². The molecule has 0 bridgehead atoms. The van der Waals surface area contributed by atoms with Gasteiger partial charge in [-0.15, -0.1) is 0 Å². The summed E-state index contributed by atoms with van der Waals surface area (Å²) in [5.74, 6) is -0.274. The maximum Gasteiger partial charge on any atom is 0.269 e. The minimum atomic E-state index is -0.470. The molecule has 24 heavy (non-hydrogen) atoms. The molecule has 0 atom stereocenters. The summed E-state index contributed by atoms with van der Waals surface area (Å²) in [6.45, 7) is 0. The van der Waals surface area contributed by atoms with E-state index < -0.39 is 4.92 Å². The van der Waals surface area contributed by atoms with E-state index in [1.807, 2.05) is 0 Å². The Morgan fingerprint density at radius 1 is 1.17 bits per heavy atom. The third kappa shape index (κ3) is 3.64. The number of benzene rings is 2. The highest BCUT2D eigenvalue weighted by molar-refractivity contribution is 8.18. The van der Waals surface area contributed by atoms with Gasteiger partial charge in [0.05, 0.1) is 20.5 Å².